The van der Waals surface area contributed by atoms with Crippen molar-refractivity contribution in [1.82, 2.24) is 5.32 Å². The normalized spacial score (nSPS) is 17.7. The Morgan fingerprint density at radius 2 is 1.95 bits per heavy atom. The summed E-state index contributed by atoms with van der Waals surface area (Å²) in [5, 5.41) is 5.42. The first-order valence-corrected chi connectivity index (χ1v) is 6.97. The van der Waals surface area contributed by atoms with Crippen LogP contribution in [0.3, 0.4) is 0 Å². The Hall–Kier alpha value is -2.37. The number of hydrogen-bond donors (Lipinski definition) is 2. The molecular formula is C15H19N3O3. The van der Waals surface area contributed by atoms with Crippen molar-refractivity contribution in [2.75, 3.05) is 23.3 Å². The Morgan fingerprint density at radius 1 is 1.29 bits per heavy atom. The molecule has 2 N–H and O–H groups in total. The number of nitrogens with one attached hydrogen (secondary N) is 2. The molecule has 0 unspecified atom stereocenters. The molecule has 1 fully saturated rings. The molecule has 1 aliphatic heterocycles. The lowest BCUT2D eigenvalue weighted by Crippen LogP contribution is -2.32. The van der Waals surface area contributed by atoms with Gasteiger partial charge in [0.05, 0.1) is 5.92 Å². The number of benzene rings is 1. The number of amides is 3. The highest BCUT2D eigenvalue weighted by molar-refractivity contribution is 6.00. The SMILES string of the molecule is CCNC(=O)[C@@H]1CC(=O)N(c2ccc(NC(C)=O)cc2)C1. The molecule has 0 bridgehead atoms. The third-order valence-electron chi connectivity index (χ3n) is 3.35. The molecule has 1 heterocycles. The van der Waals surface area contributed by atoms with E-state index in [9.17, 15) is 14.4 Å². The molecule has 0 spiro atoms. The number of rotatable bonds is 4. The summed E-state index contributed by atoms with van der Waals surface area (Å²) in [6.07, 6.45) is 0.235. The highest BCUT2D eigenvalue weighted by atomic mass is 16.2. The van der Waals surface area contributed by atoms with Crippen molar-refractivity contribution in [2.45, 2.75) is 20.3 Å². The van der Waals surface area contributed by atoms with Crippen molar-refractivity contribution in [3.63, 3.8) is 0 Å². The van der Waals surface area contributed by atoms with Crippen LogP contribution in [0.1, 0.15) is 20.3 Å². The van der Waals surface area contributed by atoms with Gasteiger partial charge in [-0.05, 0) is 31.2 Å². The van der Waals surface area contributed by atoms with Gasteiger partial charge in [0.15, 0.2) is 0 Å². The maximum Gasteiger partial charge on any atom is 0.227 e. The lowest BCUT2D eigenvalue weighted by atomic mass is 10.1. The summed E-state index contributed by atoms with van der Waals surface area (Å²) < 4.78 is 0. The molecule has 0 saturated carbocycles. The summed E-state index contributed by atoms with van der Waals surface area (Å²) >= 11 is 0. The van der Waals surface area contributed by atoms with Crippen molar-refractivity contribution in [2.24, 2.45) is 5.92 Å². The van der Waals surface area contributed by atoms with Crippen LogP contribution in [0.25, 0.3) is 0 Å². The Morgan fingerprint density at radius 3 is 2.52 bits per heavy atom. The summed E-state index contributed by atoms with van der Waals surface area (Å²) in [6.45, 7) is 4.25. The monoisotopic (exact) mass is 289 g/mol. The Balaban J connectivity index is 2.06. The molecule has 1 aliphatic rings. The quantitative estimate of drug-likeness (QED) is 0.872. The fourth-order valence-electron chi connectivity index (χ4n) is 2.38. The molecule has 0 aliphatic carbocycles. The van der Waals surface area contributed by atoms with E-state index >= 15 is 0 Å². The van der Waals surface area contributed by atoms with Crippen LogP contribution >= 0.6 is 0 Å². The van der Waals surface area contributed by atoms with Crippen LogP contribution in [0.2, 0.25) is 0 Å². The minimum atomic E-state index is -0.299. The minimum absolute atomic E-state index is 0.0569. The molecule has 3 amide bonds. The summed E-state index contributed by atoms with van der Waals surface area (Å²) in [5.41, 5.74) is 1.42. The van der Waals surface area contributed by atoms with E-state index in [2.05, 4.69) is 10.6 Å². The first kappa shape index (κ1) is 15.0. The number of carbonyl (C=O) groups is 3. The molecule has 21 heavy (non-hydrogen) atoms. The summed E-state index contributed by atoms with van der Waals surface area (Å²) in [6, 6.07) is 7.01. The van der Waals surface area contributed by atoms with Crippen LogP contribution in [-0.2, 0) is 14.4 Å². The predicted molar refractivity (Wildman–Crippen MR) is 79.9 cm³/mol. The van der Waals surface area contributed by atoms with E-state index in [1.807, 2.05) is 6.92 Å². The van der Waals surface area contributed by atoms with Gasteiger partial charge in [-0.15, -0.1) is 0 Å². The maximum absolute atomic E-state index is 12.0. The van der Waals surface area contributed by atoms with Crippen molar-refractivity contribution < 1.29 is 14.4 Å². The molecule has 1 atom stereocenters. The molecule has 1 aromatic carbocycles. The molecule has 2 rings (SSSR count). The first-order chi connectivity index (χ1) is 10.0. The van der Waals surface area contributed by atoms with E-state index in [-0.39, 0.29) is 30.1 Å². The predicted octanol–water partition coefficient (Wildman–Crippen LogP) is 1.13. The van der Waals surface area contributed by atoms with E-state index in [4.69, 9.17) is 0 Å². The lowest BCUT2D eigenvalue weighted by Gasteiger charge is -2.17. The molecule has 6 nitrogen and oxygen atoms in total. The average molecular weight is 289 g/mol. The minimum Gasteiger partial charge on any atom is -0.356 e. The van der Waals surface area contributed by atoms with Gasteiger partial charge in [0.1, 0.15) is 0 Å². The molecule has 1 aromatic rings. The van der Waals surface area contributed by atoms with Gasteiger partial charge in [-0.1, -0.05) is 0 Å². The van der Waals surface area contributed by atoms with Gasteiger partial charge >= 0.3 is 0 Å². The standard InChI is InChI=1S/C15H19N3O3/c1-3-16-15(21)11-8-14(20)18(9-11)13-6-4-12(5-7-13)17-10(2)19/h4-7,11H,3,8-9H2,1-2H3,(H,16,21)(H,17,19)/t11-/m1/s1. The summed E-state index contributed by atoms with van der Waals surface area (Å²) in [7, 11) is 0. The molecule has 1 saturated heterocycles. The van der Waals surface area contributed by atoms with Crippen molar-refractivity contribution >= 4 is 29.1 Å². The van der Waals surface area contributed by atoms with E-state index in [1.54, 1.807) is 29.2 Å². The first-order valence-electron chi connectivity index (χ1n) is 6.97. The zero-order valence-corrected chi connectivity index (χ0v) is 12.2. The summed E-state index contributed by atoms with van der Waals surface area (Å²) in [5.74, 6) is -0.578. The van der Waals surface area contributed by atoms with Crippen LogP contribution < -0.4 is 15.5 Å². The third-order valence-corrected chi connectivity index (χ3v) is 3.35. The van der Waals surface area contributed by atoms with Crippen LogP contribution in [0, 0.1) is 5.92 Å². The maximum atomic E-state index is 12.0. The fraction of sp³-hybridized carbons (Fsp3) is 0.400. The van der Waals surface area contributed by atoms with E-state index in [0.717, 1.165) is 5.69 Å². The smallest absolute Gasteiger partial charge is 0.227 e. The van der Waals surface area contributed by atoms with Gasteiger partial charge in [0, 0.05) is 37.8 Å². The second-order valence-electron chi connectivity index (χ2n) is 5.03. The number of carbonyl (C=O) groups excluding carboxylic acids is 3. The van der Waals surface area contributed by atoms with Gasteiger partial charge in [-0.2, -0.15) is 0 Å². The topological polar surface area (TPSA) is 78.5 Å². The Bertz CT molecular complexity index is 554. The van der Waals surface area contributed by atoms with Gasteiger partial charge in [-0.25, -0.2) is 0 Å². The summed E-state index contributed by atoms with van der Waals surface area (Å²) in [4.78, 5) is 36.4. The molecular weight excluding hydrogens is 270 g/mol. The van der Waals surface area contributed by atoms with Crippen molar-refractivity contribution in [1.29, 1.82) is 0 Å². The molecule has 112 valence electrons. The highest BCUT2D eigenvalue weighted by Gasteiger charge is 2.34. The largest absolute Gasteiger partial charge is 0.356 e. The van der Waals surface area contributed by atoms with Crippen LogP contribution in [-0.4, -0.2) is 30.8 Å². The second kappa shape index (κ2) is 6.39. The Kier molecular flexibility index (Phi) is 4.57. The van der Waals surface area contributed by atoms with Gasteiger partial charge in [0.2, 0.25) is 17.7 Å². The van der Waals surface area contributed by atoms with Crippen LogP contribution in [0.4, 0.5) is 11.4 Å². The lowest BCUT2D eigenvalue weighted by molar-refractivity contribution is -0.126. The third kappa shape index (κ3) is 3.59. The second-order valence-corrected chi connectivity index (χ2v) is 5.03. The number of anilines is 2. The zero-order chi connectivity index (χ0) is 15.4. The number of hydrogen-bond acceptors (Lipinski definition) is 3. The average Bonchev–Trinajstić information content (AvgIpc) is 2.81. The fourth-order valence-corrected chi connectivity index (χ4v) is 2.38. The van der Waals surface area contributed by atoms with E-state index in [0.29, 0.717) is 18.8 Å². The molecule has 6 heteroatoms. The zero-order valence-electron chi connectivity index (χ0n) is 12.2. The molecule has 0 aromatic heterocycles. The van der Waals surface area contributed by atoms with Gasteiger partial charge < -0.3 is 15.5 Å². The Labute approximate surface area is 123 Å². The van der Waals surface area contributed by atoms with Crippen LogP contribution in [0.15, 0.2) is 24.3 Å². The van der Waals surface area contributed by atoms with E-state index < -0.39 is 0 Å². The van der Waals surface area contributed by atoms with Crippen LogP contribution in [0.5, 0.6) is 0 Å². The van der Waals surface area contributed by atoms with E-state index in [1.165, 1.54) is 6.92 Å². The molecule has 0 radical (unpaired) electrons. The van der Waals surface area contributed by atoms with Gasteiger partial charge in [-0.3, -0.25) is 14.4 Å². The van der Waals surface area contributed by atoms with Gasteiger partial charge in [0.25, 0.3) is 0 Å². The highest BCUT2D eigenvalue weighted by Crippen LogP contribution is 2.26. The number of nitrogens with zero attached hydrogens (tertiary/aromatic N) is 1. The van der Waals surface area contributed by atoms with Crippen molar-refractivity contribution in [3.05, 3.63) is 24.3 Å². The van der Waals surface area contributed by atoms with Crippen molar-refractivity contribution in [3.8, 4) is 0 Å².